The lowest BCUT2D eigenvalue weighted by Crippen LogP contribution is -2.29. The van der Waals surface area contributed by atoms with Crippen LogP contribution in [0.25, 0.3) is 0 Å². The van der Waals surface area contributed by atoms with E-state index < -0.39 is 5.97 Å². The Balaban J connectivity index is 2.32. The zero-order chi connectivity index (χ0) is 16.2. The third kappa shape index (κ3) is 8.42. The van der Waals surface area contributed by atoms with Gasteiger partial charge in [0.25, 0.3) is 0 Å². The summed E-state index contributed by atoms with van der Waals surface area (Å²) >= 11 is 0. The standard InChI is InChI=1S/C17H26N2O3/c1-2-3-4-5-7-14-8-6-9-15(12-14)19-16(20)13-18-11-10-17(21)22/h6,8-9,12,18H,2-5,7,10-11,13H2,1H3,(H,19,20)(H,21,22). The number of amides is 1. The van der Waals surface area contributed by atoms with Gasteiger partial charge in [-0.1, -0.05) is 38.3 Å². The Kier molecular flexibility index (Phi) is 8.91. The first-order valence-electron chi connectivity index (χ1n) is 7.93. The lowest BCUT2D eigenvalue weighted by atomic mass is 10.1. The van der Waals surface area contributed by atoms with Gasteiger partial charge in [-0.3, -0.25) is 9.59 Å². The SMILES string of the molecule is CCCCCCc1cccc(NC(=O)CNCCC(=O)O)c1. The number of nitrogens with one attached hydrogen (secondary N) is 2. The molecule has 0 fully saturated rings. The van der Waals surface area contributed by atoms with Crippen LogP contribution in [0.5, 0.6) is 0 Å². The van der Waals surface area contributed by atoms with E-state index in [-0.39, 0.29) is 18.9 Å². The molecule has 1 rings (SSSR count). The van der Waals surface area contributed by atoms with Gasteiger partial charge in [-0.25, -0.2) is 0 Å². The molecule has 5 nitrogen and oxygen atoms in total. The first-order valence-corrected chi connectivity index (χ1v) is 7.93. The molecule has 5 heteroatoms. The van der Waals surface area contributed by atoms with Crippen molar-refractivity contribution in [3.05, 3.63) is 29.8 Å². The van der Waals surface area contributed by atoms with Crippen molar-refractivity contribution in [1.82, 2.24) is 5.32 Å². The summed E-state index contributed by atoms with van der Waals surface area (Å²) in [6.07, 6.45) is 5.94. The highest BCUT2D eigenvalue weighted by atomic mass is 16.4. The number of carbonyl (C=O) groups excluding carboxylic acids is 1. The predicted molar refractivity (Wildman–Crippen MR) is 88.0 cm³/mol. The third-order valence-electron chi connectivity index (χ3n) is 3.33. The molecule has 1 aromatic carbocycles. The molecule has 122 valence electrons. The molecule has 1 amide bonds. The maximum atomic E-state index is 11.7. The molecule has 0 aromatic heterocycles. The van der Waals surface area contributed by atoms with Crippen LogP contribution < -0.4 is 10.6 Å². The van der Waals surface area contributed by atoms with E-state index >= 15 is 0 Å². The number of hydrogen-bond acceptors (Lipinski definition) is 3. The highest BCUT2D eigenvalue weighted by Crippen LogP contribution is 2.13. The van der Waals surface area contributed by atoms with E-state index in [0.29, 0.717) is 6.54 Å². The first kappa shape index (κ1) is 18.2. The van der Waals surface area contributed by atoms with Gasteiger partial charge in [0.1, 0.15) is 0 Å². The normalized spacial score (nSPS) is 10.4. The van der Waals surface area contributed by atoms with E-state index in [1.165, 1.54) is 31.2 Å². The third-order valence-corrected chi connectivity index (χ3v) is 3.33. The minimum Gasteiger partial charge on any atom is -0.481 e. The van der Waals surface area contributed by atoms with E-state index in [1.54, 1.807) is 0 Å². The van der Waals surface area contributed by atoms with Crippen molar-refractivity contribution in [3.8, 4) is 0 Å². The second kappa shape index (κ2) is 10.8. The second-order valence-corrected chi connectivity index (χ2v) is 5.38. The van der Waals surface area contributed by atoms with Crippen molar-refractivity contribution in [2.24, 2.45) is 0 Å². The topological polar surface area (TPSA) is 78.4 Å². The molecule has 0 saturated carbocycles. The lowest BCUT2D eigenvalue weighted by molar-refractivity contribution is -0.137. The molecule has 0 aliphatic heterocycles. The second-order valence-electron chi connectivity index (χ2n) is 5.38. The summed E-state index contributed by atoms with van der Waals surface area (Å²) < 4.78 is 0. The number of rotatable bonds is 11. The van der Waals surface area contributed by atoms with Crippen LogP contribution in [0, 0.1) is 0 Å². The van der Waals surface area contributed by atoms with Crippen molar-refractivity contribution in [2.45, 2.75) is 45.4 Å². The molecule has 22 heavy (non-hydrogen) atoms. The highest BCUT2D eigenvalue weighted by molar-refractivity contribution is 5.92. The number of hydrogen-bond donors (Lipinski definition) is 3. The Morgan fingerprint density at radius 3 is 2.73 bits per heavy atom. The number of carboxylic acid groups (broad SMARTS) is 1. The van der Waals surface area contributed by atoms with Crippen LogP contribution in [0.2, 0.25) is 0 Å². The van der Waals surface area contributed by atoms with Gasteiger partial charge < -0.3 is 15.7 Å². The zero-order valence-corrected chi connectivity index (χ0v) is 13.2. The number of benzene rings is 1. The van der Waals surface area contributed by atoms with Gasteiger partial charge in [-0.15, -0.1) is 0 Å². The summed E-state index contributed by atoms with van der Waals surface area (Å²) in [5, 5.41) is 14.1. The van der Waals surface area contributed by atoms with E-state index in [2.05, 4.69) is 23.6 Å². The molecule has 0 unspecified atom stereocenters. The predicted octanol–water partition coefficient (Wildman–Crippen LogP) is 2.81. The zero-order valence-electron chi connectivity index (χ0n) is 13.2. The fraction of sp³-hybridized carbons (Fsp3) is 0.529. The lowest BCUT2D eigenvalue weighted by Gasteiger charge is -2.08. The highest BCUT2D eigenvalue weighted by Gasteiger charge is 2.03. The number of aryl methyl sites for hydroxylation is 1. The van der Waals surface area contributed by atoms with Gasteiger partial charge in [-0.05, 0) is 30.5 Å². The molecule has 0 atom stereocenters. The summed E-state index contributed by atoms with van der Waals surface area (Å²) in [5.41, 5.74) is 2.02. The molecule has 0 spiro atoms. The van der Waals surface area contributed by atoms with Crippen molar-refractivity contribution < 1.29 is 14.7 Å². The summed E-state index contributed by atoms with van der Waals surface area (Å²) in [6, 6.07) is 7.89. The van der Waals surface area contributed by atoms with Crippen LogP contribution in [-0.4, -0.2) is 30.1 Å². The van der Waals surface area contributed by atoms with Crippen molar-refractivity contribution in [3.63, 3.8) is 0 Å². The fourth-order valence-corrected chi connectivity index (χ4v) is 2.16. The molecule has 0 saturated heterocycles. The Morgan fingerprint density at radius 1 is 1.18 bits per heavy atom. The Morgan fingerprint density at radius 2 is 2.00 bits per heavy atom. The van der Waals surface area contributed by atoms with Crippen LogP contribution in [0.1, 0.15) is 44.6 Å². The minimum atomic E-state index is -0.872. The largest absolute Gasteiger partial charge is 0.481 e. The van der Waals surface area contributed by atoms with Gasteiger partial charge in [0.05, 0.1) is 13.0 Å². The van der Waals surface area contributed by atoms with Crippen LogP contribution >= 0.6 is 0 Å². The fourth-order valence-electron chi connectivity index (χ4n) is 2.16. The molecular formula is C17H26N2O3. The monoisotopic (exact) mass is 306 g/mol. The summed E-state index contributed by atoms with van der Waals surface area (Å²) in [4.78, 5) is 22.1. The molecule has 3 N–H and O–H groups in total. The molecule has 1 aromatic rings. The number of carbonyl (C=O) groups is 2. The Hall–Kier alpha value is -1.88. The smallest absolute Gasteiger partial charge is 0.304 e. The van der Waals surface area contributed by atoms with E-state index in [1.807, 2.05) is 18.2 Å². The minimum absolute atomic E-state index is 0.0144. The number of carboxylic acids is 1. The average molecular weight is 306 g/mol. The Labute approximate surface area is 132 Å². The van der Waals surface area contributed by atoms with Crippen LogP contribution in [0.15, 0.2) is 24.3 Å². The maximum absolute atomic E-state index is 11.7. The van der Waals surface area contributed by atoms with Gasteiger partial charge in [0, 0.05) is 12.2 Å². The van der Waals surface area contributed by atoms with Crippen LogP contribution in [0.3, 0.4) is 0 Å². The molecule has 0 bridgehead atoms. The summed E-state index contributed by atoms with van der Waals surface area (Å²) in [6.45, 7) is 2.61. The van der Waals surface area contributed by atoms with E-state index in [0.717, 1.165) is 12.1 Å². The van der Waals surface area contributed by atoms with Crippen molar-refractivity contribution in [1.29, 1.82) is 0 Å². The number of anilines is 1. The van der Waals surface area contributed by atoms with Crippen LogP contribution in [-0.2, 0) is 16.0 Å². The summed E-state index contributed by atoms with van der Waals surface area (Å²) in [7, 11) is 0. The molecule has 0 aliphatic carbocycles. The van der Waals surface area contributed by atoms with E-state index in [4.69, 9.17) is 5.11 Å². The van der Waals surface area contributed by atoms with Gasteiger partial charge in [0.15, 0.2) is 0 Å². The maximum Gasteiger partial charge on any atom is 0.304 e. The van der Waals surface area contributed by atoms with Gasteiger partial charge >= 0.3 is 5.97 Å². The summed E-state index contributed by atoms with van der Waals surface area (Å²) in [5.74, 6) is -1.03. The molecular weight excluding hydrogens is 280 g/mol. The van der Waals surface area contributed by atoms with E-state index in [9.17, 15) is 9.59 Å². The number of unbranched alkanes of at least 4 members (excludes halogenated alkanes) is 3. The van der Waals surface area contributed by atoms with Gasteiger partial charge in [-0.2, -0.15) is 0 Å². The average Bonchev–Trinajstić information content (AvgIpc) is 2.48. The quantitative estimate of drug-likeness (QED) is 0.549. The van der Waals surface area contributed by atoms with Crippen molar-refractivity contribution >= 4 is 17.6 Å². The molecule has 0 aliphatic rings. The van der Waals surface area contributed by atoms with Crippen LogP contribution in [0.4, 0.5) is 5.69 Å². The first-order chi connectivity index (χ1) is 10.6. The number of aliphatic carboxylic acids is 1. The molecule has 0 radical (unpaired) electrons. The molecule has 0 heterocycles. The van der Waals surface area contributed by atoms with Crippen molar-refractivity contribution in [2.75, 3.05) is 18.4 Å². The van der Waals surface area contributed by atoms with Gasteiger partial charge in [0.2, 0.25) is 5.91 Å². The Bertz CT molecular complexity index is 475.